The fourth-order valence-electron chi connectivity index (χ4n) is 5.61. The Morgan fingerprint density at radius 1 is 0.878 bits per heavy atom. The zero-order valence-corrected chi connectivity index (χ0v) is 28.2. The normalized spacial score (nSPS) is 16.3. The van der Waals surface area contributed by atoms with Crippen LogP contribution in [0.25, 0.3) is 16.6 Å². The summed E-state index contributed by atoms with van der Waals surface area (Å²) in [6, 6.07) is 13.8. The summed E-state index contributed by atoms with van der Waals surface area (Å²) in [7, 11) is 5.97. The molecule has 1 aliphatic heterocycles. The second-order valence-electron chi connectivity index (χ2n) is 11.3. The van der Waals surface area contributed by atoms with Crippen LogP contribution >= 0.6 is 0 Å². The monoisotopic (exact) mass is 675 g/mol. The number of fused-ring (bicyclic) bond motifs is 1. The van der Waals surface area contributed by atoms with Crippen LogP contribution in [0.15, 0.2) is 64.8 Å². The fraction of sp³-hybridized carbons (Fsp3) is 0.343. The molecule has 5 rings (SSSR count). The predicted octanol–water partition coefficient (Wildman–Crippen LogP) is 4.98. The van der Waals surface area contributed by atoms with Crippen molar-refractivity contribution in [3.8, 4) is 23.0 Å². The molecular formula is C35H37N3O11. The van der Waals surface area contributed by atoms with E-state index in [2.05, 4.69) is 15.6 Å². The van der Waals surface area contributed by atoms with Crippen LogP contribution in [-0.4, -0.2) is 69.4 Å². The highest BCUT2D eigenvalue weighted by Crippen LogP contribution is 2.49. The van der Waals surface area contributed by atoms with E-state index < -0.39 is 29.9 Å². The van der Waals surface area contributed by atoms with Crippen LogP contribution < -0.4 is 24.3 Å². The SMILES string of the molecule is CCOC(=O)C(NC(=O)OC1(c2ccc(OC)cc2)OC(=O)C(c2ccc3nonc3c2)=C1Cc1cc(OC)c(OC)c(OC)c1)C(C)C. The van der Waals surface area contributed by atoms with Gasteiger partial charge in [0.25, 0.3) is 0 Å². The number of nitrogens with zero attached hydrogens (tertiary/aromatic N) is 2. The third-order valence-electron chi connectivity index (χ3n) is 7.97. The van der Waals surface area contributed by atoms with Crippen molar-refractivity contribution in [2.45, 2.75) is 39.0 Å². The van der Waals surface area contributed by atoms with Crippen molar-refractivity contribution < 1.29 is 52.2 Å². The maximum absolute atomic E-state index is 14.1. The van der Waals surface area contributed by atoms with Crippen molar-refractivity contribution in [3.05, 3.63) is 76.9 Å². The van der Waals surface area contributed by atoms with Crippen molar-refractivity contribution in [1.29, 1.82) is 0 Å². The van der Waals surface area contributed by atoms with Gasteiger partial charge in [-0.2, -0.15) is 0 Å². The van der Waals surface area contributed by atoms with Crippen LogP contribution in [-0.2, 0) is 36.0 Å². The maximum Gasteiger partial charge on any atom is 0.411 e. The number of hydrogen-bond acceptors (Lipinski definition) is 13. The molecule has 4 aromatic rings. The lowest BCUT2D eigenvalue weighted by molar-refractivity contribution is -0.186. The highest BCUT2D eigenvalue weighted by Gasteiger charge is 2.53. The molecule has 14 nitrogen and oxygen atoms in total. The molecule has 0 saturated heterocycles. The summed E-state index contributed by atoms with van der Waals surface area (Å²) in [5, 5.41) is 10.4. The first kappa shape index (κ1) is 34.5. The molecule has 0 aliphatic carbocycles. The van der Waals surface area contributed by atoms with Crippen LogP contribution in [0.3, 0.4) is 0 Å². The number of methoxy groups -OCH3 is 4. The Balaban J connectivity index is 1.73. The third-order valence-corrected chi connectivity index (χ3v) is 7.97. The lowest BCUT2D eigenvalue weighted by Gasteiger charge is -2.32. The van der Waals surface area contributed by atoms with E-state index in [0.29, 0.717) is 45.2 Å². The zero-order chi connectivity index (χ0) is 35.3. The summed E-state index contributed by atoms with van der Waals surface area (Å²) >= 11 is 0. The van der Waals surface area contributed by atoms with Crippen molar-refractivity contribution in [2.24, 2.45) is 5.92 Å². The van der Waals surface area contributed by atoms with Gasteiger partial charge in [-0.15, -0.1) is 0 Å². The molecule has 3 aromatic carbocycles. The van der Waals surface area contributed by atoms with Gasteiger partial charge in [0.05, 0.1) is 40.6 Å². The number of nitrogens with one attached hydrogen (secondary N) is 1. The number of ether oxygens (including phenoxy) is 7. The molecule has 1 aromatic heterocycles. The summed E-state index contributed by atoms with van der Waals surface area (Å²) in [6.07, 6.45) is -1.05. The van der Waals surface area contributed by atoms with E-state index in [1.165, 1.54) is 28.4 Å². The van der Waals surface area contributed by atoms with Gasteiger partial charge >= 0.3 is 23.8 Å². The van der Waals surface area contributed by atoms with Gasteiger partial charge in [0, 0.05) is 17.6 Å². The summed E-state index contributed by atoms with van der Waals surface area (Å²) in [5.41, 5.74) is 2.50. The van der Waals surface area contributed by atoms with Crippen molar-refractivity contribution in [2.75, 3.05) is 35.0 Å². The van der Waals surface area contributed by atoms with E-state index in [4.69, 9.17) is 37.8 Å². The number of alkyl carbamates (subject to hydrolysis) is 1. The smallest absolute Gasteiger partial charge is 0.411 e. The highest BCUT2D eigenvalue weighted by atomic mass is 16.7. The van der Waals surface area contributed by atoms with Crippen LogP contribution in [0.4, 0.5) is 4.79 Å². The first-order valence-electron chi connectivity index (χ1n) is 15.4. The van der Waals surface area contributed by atoms with Gasteiger partial charge in [0.1, 0.15) is 22.8 Å². The minimum Gasteiger partial charge on any atom is -0.497 e. The average Bonchev–Trinajstić information content (AvgIpc) is 3.68. The van der Waals surface area contributed by atoms with E-state index in [0.717, 1.165) is 0 Å². The van der Waals surface area contributed by atoms with E-state index in [9.17, 15) is 14.4 Å². The van der Waals surface area contributed by atoms with Gasteiger partial charge in [-0.05, 0) is 82.8 Å². The molecule has 0 bridgehead atoms. The summed E-state index contributed by atoms with van der Waals surface area (Å²) in [5.74, 6) is -2.31. The van der Waals surface area contributed by atoms with Gasteiger partial charge < -0.3 is 38.5 Å². The molecule has 1 aliphatic rings. The topological polar surface area (TPSA) is 167 Å². The quantitative estimate of drug-likeness (QED) is 0.189. The Kier molecular flexibility index (Phi) is 10.3. The highest BCUT2D eigenvalue weighted by molar-refractivity contribution is 6.20. The van der Waals surface area contributed by atoms with E-state index in [1.807, 2.05) is 0 Å². The number of carbonyl (C=O) groups excluding carboxylic acids is 3. The van der Waals surface area contributed by atoms with Crippen LogP contribution in [0, 0.1) is 5.92 Å². The predicted molar refractivity (Wildman–Crippen MR) is 174 cm³/mol. The van der Waals surface area contributed by atoms with Crippen molar-refractivity contribution in [1.82, 2.24) is 15.6 Å². The van der Waals surface area contributed by atoms with Crippen LogP contribution in [0.2, 0.25) is 0 Å². The Morgan fingerprint density at radius 3 is 2.14 bits per heavy atom. The second kappa shape index (κ2) is 14.5. The Morgan fingerprint density at radius 2 is 1.55 bits per heavy atom. The number of carbonyl (C=O) groups is 3. The molecule has 14 heteroatoms. The van der Waals surface area contributed by atoms with Gasteiger partial charge in [-0.3, -0.25) is 0 Å². The lowest BCUT2D eigenvalue weighted by Crippen LogP contribution is -2.48. The molecular weight excluding hydrogens is 638 g/mol. The first-order valence-corrected chi connectivity index (χ1v) is 15.4. The molecule has 2 atom stereocenters. The minimum absolute atomic E-state index is 0.0162. The molecule has 0 saturated carbocycles. The fourth-order valence-corrected chi connectivity index (χ4v) is 5.61. The summed E-state index contributed by atoms with van der Waals surface area (Å²) in [6.45, 7) is 5.28. The molecule has 2 unspecified atom stereocenters. The number of benzene rings is 3. The van der Waals surface area contributed by atoms with Crippen LogP contribution in [0.1, 0.15) is 37.5 Å². The number of amides is 1. The van der Waals surface area contributed by atoms with E-state index in [-0.39, 0.29) is 35.7 Å². The van der Waals surface area contributed by atoms with E-state index in [1.54, 1.807) is 75.4 Å². The van der Waals surface area contributed by atoms with Gasteiger partial charge in [0.2, 0.25) is 5.75 Å². The van der Waals surface area contributed by atoms with Gasteiger partial charge in [-0.25, -0.2) is 19.0 Å². The minimum atomic E-state index is -2.13. The second-order valence-corrected chi connectivity index (χ2v) is 11.3. The number of hydrogen-bond donors (Lipinski definition) is 1. The number of esters is 2. The molecule has 0 spiro atoms. The molecule has 0 fully saturated rings. The van der Waals surface area contributed by atoms with Crippen molar-refractivity contribution >= 4 is 34.6 Å². The molecule has 258 valence electrons. The third kappa shape index (κ3) is 6.80. The summed E-state index contributed by atoms with van der Waals surface area (Å²) < 4.78 is 44.4. The van der Waals surface area contributed by atoms with Gasteiger partial charge in [-0.1, -0.05) is 19.9 Å². The Labute approximate surface area is 282 Å². The first-order chi connectivity index (χ1) is 23.6. The maximum atomic E-state index is 14.1. The largest absolute Gasteiger partial charge is 0.497 e. The molecule has 1 amide bonds. The average molecular weight is 676 g/mol. The number of cyclic esters (lactones) is 1. The van der Waals surface area contributed by atoms with Gasteiger partial charge in [0.15, 0.2) is 11.5 Å². The molecule has 0 radical (unpaired) electrons. The Bertz CT molecular complexity index is 1860. The van der Waals surface area contributed by atoms with E-state index >= 15 is 0 Å². The number of aromatic nitrogens is 2. The van der Waals surface area contributed by atoms with Crippen molar-refractivity contribution in [3.63, 3.8) is 0 Å². The summed E-state index contributed by atoms with van der Waals surface area (Å²) in [4.78, 5) is 40.7. The standard InChI is InChI=1S/C35H37N3O11/c1-8-46-33(40)30(19(2)3)36-34(41)48-35(22-10-12-23(42-4)13-11-22)24(15-20-16-27(43-5)31(45-7)28(17-20)44-6)29(32(39)47-35)21-9-14-25-26(18-21)38-49-37-25/h9-14,16-19,30H,8,15H2,1-7H3,(H,36,41). The molecule has 2 heterocycles. The molecule has 49 heavy (non-hydrogen) atoms. The van der Waals surface area contributed by atoms with Crippen LogP contribution in [0.5, 0.6) is 23.0 Å². The zero-order valence-electron chi connectivity index (χ0n) is 28.2. The molecule has 1 N–H and O–H groups in total. The lowest BCUT2D eigenvalue weighted by atomic mass is 9.87. The Hall–Kier alpha value is -5.79. The number of rotatable bonds is 13.